The molecule has 6 heteroatoms. The number of aromatic nitrogens is 2. The number of nitrogens with one attached hydrogen (secondary N) is 1. The molecule has 2 aromatic rings. The van der Waals surface area contributed by atoms with Crippen LogP contribution in [0.2, 0.25) is 0 Å². The molecule has 3 rings (SSSR count). The average molecular weight is 258 g/mol. The van der Waals surface area contributed by atoms with Gasteiger partial charge in [-0.2, -0.15) is 4.73 Å². The number of rotatable bonds is 1. The van der Waals surface area contributed by atoms with Gasteiger partial charge in [0.15, 0.2) is 11.7 Å². The number of hydrogen-bond acceptors (Lipinski definition) is 4. The van der Waals surface area contributed by atoms with E-state index in [9.17, 15) is 5.21 Å². The van der Waals surface area contributed by atoms with Crippen molar-refractivity contribution in [1.29, 1.82) is 0 Å². The Labute approximate surface area is 110 Å². The van der Waals surface area contributed by atoms with E-state index in [2.05, 4.69) is 15.5 Å². The molecule has 1 unspecified atom stereocenters. The summed E-state index contributed by atoms with van der Waals surface area (Å²) in [5.41, 5.74) is 1.95. The first-order valence-corrected chi connectivity index (χ1v) is 6.06. The van der Waals surface area contributed by atoms with Crippen molar-refractivity contribution >= 4 is 5.84 Å². The summed E-state index contributed by atoms with van der Waals surface area (Å²) in [6.45, 7) is 1.95. The highest BCUT2D eigenvalue weighted by molar-refractivity contribution is 5.99. The number of nitrogens with zero attached hydrogens (tertiary/aromatic N) is 3. The lowest BCUT2D eigenvalue weighted by Crippen LogP contribution is -2.40. The molecule has 2 heterocycles. The monoisotopic (exact) mass is 258 g/mol. The van der Waals surface area contributed by atoms with Crippen molar-refractivity contribution < 1.29 is 10.4 Å². The minimum Gasteiger partial charge on any atom is -0.427 e. The van der Waals surface area contributed by atoms with Crippen molar-refractivity contribution in [3.05, 3.63) is 41.7 Å². The van der Waals surface area contributed by atoms with Gasteiger partial charge in [-0.3, -0.25) is 0 Å². The zero-order valence-electron chi connectivity index (χ0n) is 10.4. The number of hydrogen-bond donors (Lipinski definition) is 3. The molecule has 0 saturated heterocycles. The SMILES string of the molecule is CC1Cc2c(nc(-c3ccccc3)n2O)/C(=N/O)N1. The first kappa shape index (κ1) is 11.6. The Morgan fingerprint density at radius 1 is 1.37 bits per heavy atom. The predicted octanol–water partition coefficient (Wildman–Crippen LogP) is 1.46. The maximum atomic E-state index is 10.2. The van der Waals surface area contributed by atoms with Gasteiger partial charge in [-0.05, 0) is 6.92 Å². The Morgan fingerprint density at radius 2 is 2.11 bits per heavy atom. The van der Waals surface area contributed by atoms with Crippen LogP contribution < -0.4 is 5.32 Å². The molecule has 0 aliphatic carbocycles. The second-order valence-electron chi connectivity index (χ2n) is 4.61. The molecule has 0 bridgehead atoms. The van der Waals surface area contributed by atoms with E-state index >= 15 is 0 Å². The van der Waals surface area contributed by atoms with Crippen LogP contribution in [0.5, 0.6) is 0 Å². The Bertz CT molecular complexity index is 634. The number of oxime groups is 1. The number of imidazole rings is 1. The van der Waals surface area contributed by atoms with Crippen molar-refractivity contribution in [2.24, 2.45) is 5.16 Å². The molecule has 1 aromatic heterocycles. The largest absolute Gasteiger partial charge is 0.427 e. The van der Waals surface area contributed by atoms with Crippen molar-refractivity contribution in [3.63, 3.8) is 0 Å². The summed E-state index contributed by atoms with van der Waals surface area (Å²) < 4.78 is 1.08. The number of amidine groups is 1. The highest BCUT2D eigenvalue weighted by Gasteiger charge is 2.28. The molecule has 1 atom stereocenters. The van der Waals surface area contributed by atoms with Crippen molar-refractivity contribution in [2.75, 3.05) is 0 Å². The van der Waals surface area contributed by atoms with Gasteiger partial charge in [0.1, 0.15) is 5.69 Å². The molecule has 1 aromatic carbocycles. The fourth-order valence-corrected chi connectivity index (χ4v) is 2.31. The molecule has 19 heavy (non-hydrogen) atoms. The van der Waals surface area contributed by atoms with Gasteiger partial charge in [0, 0.05) is 18.0 Å². The topological polar surface area (TPSA) is 82.7 Å². The molecule has 0 spiro atoms. The molecule has 1 aliphatic rings. The number of fused-ring (bicyclic) bond motifs is 1. The van der Waals surface area contributed by atoms with Crippen LogP contribution in [0.15, 0.2) is 35.5 Å². The summed E-state index contributed by atoms with van der Waals surface area (Å²) in [4.78, 5) is 4.37. The summed E-state index contributed by atoms with van der Waals surface area (Å²) in [7, 11) is 0. The normalized spacial score (nSPS) is 20.1. The molecule has 6 nitrogen and oxygen atoms in total. The van der Waals surface area contributed by atoms with Crippen LogP contribution in [-0.4, -0.2) is 32.0 Å². The van der Waals surface area contributed by atoms with E-state index in [4.69, 9.17) is 5.21 Å². The second kappa shape index (κ2) is 4.31. The van der Waals surface area contributed by atoms with E-state index in [0.29, 0.717) is 29.5 Å². The van der Waals surface area contributed by atoms with Crippen LogP contribution in [0.3, 0.4) is 0 Å². The summed E-state index contributed by atoms with van der Waals surface area (Å²) in [5, 5.41) is 25.5. The summed E-state index contributed by atoms with van der Waals surface area (Å²) in [6, 6.07) is 9.47. The third kappa shape index (κ3) is 1.81. The van der Waals surface area contributed by atoms with Gasteiger partial charge in [0.2, 0.25) is 0 Å². The lowest BCUT2D eigenvalue weighted by molar-refractivity contribution is 0.179. The minimum atomic E-state index is 0.0737. The van der Waals surface area contributed by atoms with Gasteiger partial charge in [0.25, 0.3) is 0 Å². The van der Waals surface area contributed by atoms with Gasteiger partial charge in [-0.1, -0.05) is 35.5 Å². The van der Waals surface area contributed by atoms with Gasteiger partial charge < -0.3 is 15.7 Å². The molecule has 3 N–H and O–H groups in total. The zero-order chi connectivity index (χ0) is 13.4. The zero-order valence-corrected chi connectivity index (χ0v) is 10.4. The molecule has 0 saturated carbocycles. The fourth-order valence-electron chi connectivity index (χ4n) is 2.31. The lowest BCUT2D eigenvalue weighted by Gasteiger charge is -2.20. The minimum absolute atomic E-state index is 0.0737. The fraction of sp³-hybridized carbons (Fsp3) is 0.231. The molecule has 1 aliphatic heterocycles. The van der Waals surface area contributed by atoms with Crippen LogP contribution >= 0.6 is 0 Å². The van der Waals surface area contributed by atoms with Crippen molar-refractivity contribution in [3.8, 4) is 11.4 Å². The number of benzene rings is 1. The molecule has 0 fully saturated rings. The van der Waals surface area contributed by atoms with E-state index in [1.165, 1.54) is 0 Å². The van der Waals surface area contributed by atoms with Gasteiger partial charge >= 0.3 is 0 Å². The molecule has 0 amide bonds. The Morgan fingerprint density at radius 3 is 2.79 bits per heavy atom. The van der Waals surface area contributed by atoms with Gasteiger partial charge in [-0.25, -0.2) is 4.98 Å². The summed E-state index contributed by atoms with van der Waals surface area (Å²) in [5.74, 6) is 0.737. The summed E-state index contributed by atoms with van der Waals surface area (Å²) in [6.07, 6.45) is 0.616. The van der Waals surface area contributed by atoms with Crippen LogP contribution in [0, 0.1) is 0 Å². The average Bonchev–Trinajstić information content (AvgIpc) is 2.76. The van der Waals surface area contributed by atoms with E-state index in [0.717, 1.165) is 10.3 Å². The van der Waals surface area contributed by atoms with Crippen LogP contribution in [-0.2, 0) is 6.42 Å². The quantitative estimate of drug-likeness (QED) is 0.411. The highest BCUT2D eigenvalue weighted by Crippen LogP contribution is 2.24. The smallest absolute Gasteiger partial charge is 0.193 e. The van der Waals surface area contributed by atoms with E-state index in [1.807, 2.05) is 37.3 Å². The predicted molar refractivity (Wildman–Crippen MR) is 69.5 cm³/mol. The lowest BCUT2D eigenvalue weighted by atomic mass is 10.1. The maximum Gasteiger partial charge on any atom is 0.193 e. The first-order chi connectivity index (χ1) is 9.20. The molecular weight excluding hydrogens is 244 g/mol. The van der Waals surface area contributed by atoms with Gasteiger partial charge in [-0.15, -0.1) is 0 Å². The third-order valence-corrected chi connectivity index (χ3v) is 3.19. The summed E-state index contributed by atoms with van der Waals surface area (Å²) >= 11 is 0. The molecule has 0 radical (unpaired) electrons. The Kier molecular flexibility index (Phi) is 2.63. The Balaban J connectivity index is 2.16. The first-order valence-electron chi connectivity index (χ1n) is 6.06. The standard InChI is InChI=1S/C13H14N4O2/c1-8-7-10-11(12(14-8)16-18)15-13(17(10)19)9-5-3-2-4-6-9/h2-6,8,18-19H,7H2,1H3,(H,14,16). The maximum absolute atomic E-state index is 10.2. The van der Waals surface area contributed by atoms with Crippen molar-refractivity contribution in [2.45, 2.75) is 19.4 Å². The van der Waals surface area contributed by atoms with Crippen LogP contribution in [0.4, 0.5) is 0 Å². The van der Waals surface area contributed by atoms with Crippen molar-refractivity contribution in [1.82, 2.24) is 15.0 Å². The van der Waals surface area contributed by atoms with E-state index in [-0.39, 0.29) is 6.04 Å². The highest BCUT2D eigenvalue weighted by atomic mass is 16.5. The second-order valence-corrected chi connectivity index (χ2v) is 4.61. The van der Waals surface area contributed by atoms with E-state index in [1.54, 1.807) is 0 Å². The molecular formula is C13H14N4O2. The van der Waals surface area contributed by atoms with Crippen LogP contribution in [0.25, 0.3) is 11.4 Å². The van der Waals surface area contributed by atoms with Gasteiger partial charge in [0.05, 0.1) is 5.69 Å². The van der Waals surface area contributed by atoms with Crippen LogP contribution in [0.1, 0.15) is 18.3 Å². The molecule has 98 valence electrons. The van der Waals surface area contributed by atoms with E-state index < -0.39 is 0 Å². The third-order valence-electron chi connectivity index (χ3n) is 3.19. The Hall–Kier alpha value is -2.50.